The van der Waals surface area contributed by atoms with Gasteiger partial charge in [0.25, 0.3) is 0 Å². The van der Waals surface area contributed by atoms with E-state index in [4.69, 9.17) is 11.6 Å². The van der Waals surface area contributed by atoms with E-state index in [2.05, 4.69) is 11.8 Å². The van der Waals surface area contributed by atoms with Crippen LogP contribution in [0, 0.1) is 5.92 Å². The van der Waals surface area contributed by atoms with Gasteiger partial charge in [-0.05, 0) is 25.1 Å². The number of carbonyl (C=O) groups is 2. The molecule has 0 bridgehead atoms. The lowest BCUT2D eigenvalue weighted by molar-refractivity contribution is -0.137. The van der Waals surface area contributed by atoms with Crippen LogP contribution >= 0.6 is 11.6 Å². The maximum Gasteiger partial charge on any atom is 0.228 e. The highest BCUT2D eigenvalue weighted by atomic mass is 35.5. The van der Waals surface area contributed by atoms with Gasteiger partial charge in [0.1, 0.15) is 0 Å². The second kappa shape index (κ2) is 7.53. The molecule has 1 unspecified atom stereocenters. The number of anilines is 1. The Morgan fingerprint density at radius 2 is 1.92 bits per heavy atom. The Hall–Kier alpha value is -1.59. The van der Waals surface area contributed by atoms with Crippen LogP contribution in [0.2, 0.25) is 5.02 Å². The fourth-order valence-corrected chi connectivity index (χ4v) is 3.78. The fourth-order valence-electron chi connectivity index (χ4n) is 3.54. The standard InChI is InChI=1S/C18H24ClN3O2/c1-2-7-20-8-10-21(11-9-20)18(24)14-12-17(23)22(13-14)16-6-4-3-5-15(16)19/h3-6,14H,2,7-13H2,1H3. The van der Waals surface area contributed by atoms with E-state index in [9.17, 15) is 9.59 Å². The van der Waals surface area contributed by atoms with Crippen LogP contribution in [0.1, 0.15) is 19.8 Å². The van der Waals surface area contributed by atoms with Crippen LogP contribution in [0.25, 0.3) is 0 Å². The van der Waals surface area contributed by atoms with E-state index in [0.717, 1.165) is 39.1 Å². The van der Waals surface area contributed by atoms with Gasteiger partial charge in [-0.25, -0.2) is 0 Å². The van der Waals surface area contributed by atoms with Gasteiger partial charge in [0.15, 0.2) is 0 Å². The Bertz CT molecular complexity index is 614. The predicted octanol–water partition coefficient (Wildman–Crippen LogP) is 2.25. The van der Waals surface area contributed by atoms with E-state index in [1.165, 1.54) is 0 Å². The minimum Gasteiger partial charge on any atom is -0.340 e. The molecule has 3 rings (SSSR count). The zero-order chi connectivity index (χ0) is 17.1. The summed E-state index contributed by atoms with van der Waals surface area (Å²) >= 11 is 6.20. The van der Waals surface area contributed by atoms with Crippen LogP contribution in [0.5, 0.6) is 0 Å². The van der Waals surface area contributed by atoms with Crippen molar-refractivity contribution in [1.29, 1.82) is 0 Å². The van der Waals surface area contributed by atoms with Crippen molar-refractivity contribution >= 4 is 29.1 Å². The molecule has 2 aliphatic rings. The molecule has 0 aromatic heterocycles. The Balaban J connectivity index is 1.62. The summed E-state index contributed by atoms with van der Waals surface area (Å²) in [6.07, 6.45) is 1.41. The summed E-state index contributed by atoms with van der Waals surface area (Å²) in [6, 6.07) is 7.30. The molecule has 0 N–H and O–H groups in total. The zero-order valence-corrected chi connectivity index (χ0v) is 14.8. The van der Waals surface area contributed by atoms with Gasteiger partial charge in [0, 0.05) is 39.1 Å². The third kappa shape index (κ3) is 3.57. The minimum atomic E-state index is -0.258. The largest absolute Gasteiger partial charge is 0.340 e. The van der Waals surface area contributed by atoms with E-state index in [1.807, 2.05) is 23.1 Å². The number of para-hydroxylation sites is 1. The molecular weight excluding hydrogens is 326 g/mol. The number of halogens is 1. The molecule has 2 heterocycles. The third-order valence-corrected chi connectivity index (χ3v) is 5.16. The predicted molar refractivity (Wildman–Crippen MR) is 95.2 cm³/mol. The minimum absolute atomic E-state index is 0.0222. The summed E-state index contributed by atoms with van der Waals surface area (Å²) in [5.74, 6) is -0.174. The van der Waals surface area contributed by atoms with Crippen LogP contribution in [-0.4, -0.2) is 60.9 Å². The first-order valence-corrected chi connectivity index (χ1v) is 9.04. The van der Waals surface area contributed by atoms with Gasteiger partial charge < -0.3 is 9.80 Å². The Kier molecular flexibility index (Phi) is 5.41. The smallest absolute Gasteiger partial charge is 0.228 e. The van der Waals surface area contributed by atoms with E-state index in [1.54, 1.807) is 11.0 Å². The van der Waals surface area contributed by atoms with Crippen molar-refractivity contribution in [3.63, 3.8) is 0 Å². The van der Waals surface area contributed by atoms with Gasteiger partial charge in [-0.2, -0.15) is 0 Å². The Morgan fingerprint density at radius 3 is 2.58 bits per heavy atom. The van der Waals surface area contributed by atoms with Crippen molar-refractivity contribution in [2.45, 2.75) is 19.8 Å². The molecule has 1 aromatic rings. The topological polar surface area (TPSA) is 43.9 Å². The molecule has 130 valence electrons. The van der Waals surface area contributed by atoms with Crippen LogP contribution in [-0.2, 0) is 9.59 Å². The monoisotopic (exact) mass is 349 g/mol. The van der Waals surface area contributed by atoms with Crippen molar-refractivity contribution in [2.24, 2.45) is 5.92 Å². The van der Waals surface area contributed by atoms with Crippen molar-refractivity contribution in [1.82, 2.24) is 9.80 Å². The molecule has 0 radical (unpaired) electrons. The first-order valence-electron chi connectivity index (χ1n) is 8.66. The number of carbonyl (C=O) groups excluding carboxylic acids is 2. The van der Waals surface area contributed by atoms with Gasteiger partial charge in [0.2, 0.25) is 11.8 Å². The van der Waals surface area contributed by atoms with Crippen LogP contribution in [0.3, 0.4) is 0 Å². The molecule has 0 spiro atoms. The van der Waals surface area contributed by atoms with Crippen molar-refractivity contribution in [3.05, 3.63) is 29.3 Å². The van der Waals surface area contributed by atoms with Gasteiger partial charge in [-0.1, -0.05) is 30.7 Å². The molecule has 1 aromatic carbocycles. The number of benzene rings is 1. The van der Waals surface area contributed by atoms with E-state index in [0.29, 0.717) is 17.3 Å². The molecule has 2 amide bonds. The maximum absolute atomic E-state index is 12.8. The Labute approximate surface area is 148 Å². The highest BCUT2D eigenvalue weighted by Gasteiger charge is 2.38. The lowest BCUT2D eigenvalue weighted by Gasteiger charge is -2.35. The zero-order valence-electron chi connectivity index (χ0n) is 14.1. The quantitative estimate of drug-likeness (QED) is 0.837. The van der Waals surface area contributed by atoms with Crippen molar-refractivity contribution in [3.8, 4) is 0 Å². The average Bonchev–Trinajstić information content (AvgIpc) is 2.97. The molecule has 2 saturated heterocycles. The molecular formula is C18H24ClN3O2. The third-order valence-electron chi connectivity index (χ3n) is 4.84. The molecule has 24 heavy (non-hydrogen) atoms. The maximum atomic E-state index is 12.8. The molecule has 1 atom stereocenters. The fraction of sp³-hybridized carbons (Fsp3) is 0.556. The summed E-state index contributed by atoms with van der Waals surface area (Å²) in [7, 11) is 0. The normalized spacial score (nSPS) is 22.2. The first kappa shape index (κ1) is 17.2. The van der Waals surface area contributed by atoms with Crippen LogP contribution in [0.15, 0.2) is 24.3 Å². The number of hydrogen-bond donors (Lipinski definition) is 0. The number of nitrogens with zero attached hydrogens (tertiary/aromatic N) is 3. The second-order valence-electron chi connectivity index (χ2n) is 6.52. The summed E-state index contributed by atoms with van der Waals surface area (Å²) in [5, 5.41) is 0.548. The highest BCUT2D eigenvalue weighted by molar-refractivity contribution is 6.33. The summed E-state index contributed by atoms with van der Waals surface area (Å²) < 4.78 is 0. The van der Waals surface area contributed by atoms with E-state index in [-0.39, 0.29) is 24.2 Å². The molecule has 2 aliphatic heterocycles. The molecule has 5 nitrogen and oxygen atoms in total. The van der Waals surface area contributed by atoms with E-state index < -0.39 is 0 Å². The number of amides is 2. The number of hydrogen-bond acceptors (Lipinski definition) is 3. The lowest BCUT2D eigenvalue weighted by Crippen LogP contribution is -2.50. The SMILES string of the molecule is CCCN1CCN(C(=O)C2CC(=O)N(c3ccccc3Cl)C2)CC1. The van der Waals surface area contributed by atoms with Crippen molar-refractivity contribution < 1.29 is 9.59 Å². The lowest BCUT2D eigenvalue weighted by atomic mass is 10.1. The number of rotatable bonds is 4. The van der Waals surface area contributed by atoms with E-state index >= 15 is 0 Å². The molecule has 0 aliphatic carbocycles. The van der Waals surface area contributed by atoms with Crippen LogP contribution < -0.4 is 4.90 Å². The first-order chi connectivity index (χ1) is 11.6. The van der Waals surface area contributed by atoms with Crippen LogP contribution in [0.4, 0.5) is 5.69 Å². The van der Waals surface area contributed by atoms with Gasteiger partial charge >= 0.3 is 0 Å². The molecule has 0 saturated carbocycles. The highest BCUT2D eigenvalue weighted by Crippen LogP contribution is 2.31. The van der Waals surface area contributed by atoms with Gasteiger partial charge in [-0.3, -0.25) is 14.5 Å². The molecule has 6 heteroatoms. The van der Waals surface area contributed by atoms with Gasteiger partial charge in [0.05, 0.1) is 16.6 Å². The number of piperazine rings is 1. The molecule has 2 fully saturated rings. The van der Waals surface area contributed by atoms with Gasteiger partial charge in [-0.15, -0.1) is 0 Å². The second-order valence-corrected chi connectivity index (χ2v) is 6.93. The van der Waals surface area contributed by atoms with Crippen molar-refractivity contribution in [2.75, 3.05) is 44.2 Å². The average molecular weight is 350 g/mol. The summed E-state index contributed by atoms with van der Waals surface area (Å²) in [5.41, 5.74) is 0.701. The summed E-state index contributed by atoms with van der Waals surface area (Å²) in [4.78, 5) is 31.1. The Morgan fingerprint density at radius 1 is 1.21 bits per heavy atom. The summed E-state index contributed by atoms with van der Waals surface area (Å²) in [6.45, 7) is 7.06.